The highest BCUT2D eigenvalue weighted by atomic mass is 32.2. The third kappa shape index (κ3) is 5.50. The van der Waals surface area contributed by atoms with Gasteiger partial charge in [0.25, 0.3) is 0 Å². The monoisotopic (exact) mass is 453 g/mol. The van der Waals surface area contributed by atoms with Crippen LogP contribution in [0.25, 0.3) is 0 Å². The molecule has 1 saturated heterocycles. The van der Waals surface area contributed by atoms with Gasteiger partial charge in [-0.15, -0.1) is 0 Å². The molecule has 0 unspecified atom stereocenters. The third-order valence-electron chi connectivity index (χ3n) is 5.09. The number of amides is 2. The van der Waals surface area contributed by atoms with Gasteiger partial charge >= 0.3 is 12.6 Å². The number of urea groups is 1. The highest BCUT2D eigenvalue weighted by Gasteiger charge is 2.31. The van der Waals surface area contributed by atoms with E-state index < -0.39 is 22.7 Å². The predicted octanol–water partition coefficient (Wildman–Crippen LogP) is 3.12. The summed E-state index contributed by atoms with van der Waals surface area (Å²) in [5.74, 6) is 0.00202. The molecule has 168 valence electrons. The Kier molecular flexibility index (Phi) is 7.11. The molecular formula is C21H25F2N3O4S. The molecule has 1 N–H and O–H groups in total. The number of para-hydroxylation sites is 1. The molecule has 0 aromatic heterocycles. The Morgan fingerprint density at radius 3 is 2.42 bits per heavy atom. The number of hydrogen-bond donors (Lipinski definition) is 1. The Bertz CT molecular complexity index is 1040. The van der Waals surface area contributed by atoms with Gasteiger partial charge in [0.2, 0.25) is 10.0 Å². The van der Waals surface area contributed by atoms with Crippen molar-refractivity contribution < 1.29 is 26.7 Å². The van der Waals surface area contributed by atoms with Gasteiger partial charge in [0, 0.05) is 38.3 Å². The fourth-order valence-electron chi connectivity index (χ4n) is 3.50. The van der Waals surface area contributed by atoms with Crippen LogP contribution < -0.4 is 10.1 Å². The number of rotatable bonds is 6. The normalized spacial score (nSPS) is 15.2. The van der Waals surface area contributed by atoms with Crippen LogP contribution in [0.2, 0.25) is 0 Å². The van der Waals surface area contributed by atoms with Crippen molar-refractivity contribution in [2.45, 2.75) is 31.9 Å². The number of aryl methyl sites for hydroxylation is 2. The summed E-state index contributed by atoms with van der Waals surface area (Å²) in [6.45, 7) is 1.53. The van der Waals surface area contributed by atoms with Gasteiger partial charge in [-0.25, -0.2) is 13.2 Å². The van der Waals surface area contributed by atoms with Crippen molar-refractivity contribution in [2.24, 2.45) is 0 Å². The summed E-state index contributed by atoms with van der Waals surface area (Å²) in [7, 11) is -3.64. The van der Waals surface area contributed by atoms with E-state index in [2.05, 4.69) is 10.1 Å². The molecule has 31 heavy (non-hydrogen) atoms. The van der Waals surface area contributed by atoms with Gasteiger partial charge in [-0.3, -0.25) is 0 Å². The molecule has 0 aliphatic carbocycles. The Morgan fingerprint density at radius 1 is 1.10 bits per heavy atom. The Labute approximate surface area is 180 Å². The lowest BCUT2D eigenvalue weighted by atomic mass is 10.2. The average Bonchev–Trinajstić information content (AvgIpc) is 2.72. The van der Waals surface area contributed by atoms with Gasteiger partial charge in [0.15, 0.2) is 0 Å². The number of sulfonamides is 1. The molecule has 0 atom stereocenters. The van der Waals surface area contributed by atoms with Crippen LogP contribution in [0.5, 0.6) is 5.75 Å². The number of piperazine rings is 1. The van der Waals surface area contributed by atoms with Crippen LogP contribution in [0.4, 0.5) is 13.6 Å². The zero-order chi connectivity index (χ0) is 22.6. The van der Waals surface area contributed by atoms with Crippen molar-refractivity contribution in [2.75, 3.05) is 26.2 Å². The van der Waals surface area contributed by atoms with Crippen molar-refractivity contribution in [3.8, 4) is 5.75 Å². The second-order valence-corrected chi connectivity index (χ2v) is 9.21. The van der Waals surface area contributed by atoms with Crippen LogP contribution in [0, 0.1) is 13.8 Å². The summed E-state index contributed by atoms with van der Waals surface area (Å²) in [6.07, 6.45) is 0. The molecule has 0 saturated carbocycles. The minimum Gasteiger partial charge on any atom is -0.434 e. The minimum atomic E-state index is -3.64. The maximum Gasteiger partial charge on any atom is 0.387 e. The minimum absolute atomic E-state index is 0.00202. The van der Waals surface area contributed by atoms with Crippen molar-refractivity contribution >= 4 is 16.1 Å². The molecule has 3 rings (SSSR count). The summed E-state index contributed by atoms with van der Waals surface area (Å²) < 4.78 is 56.8. The lowest BCUT2D eigenvalue weighted by Crippen LogP contribution is -2.53. The summed E-state index contributed by atoms with van der Waals surface area (Å²) in [5, 5.41) is 2.68. The topological polar surface area (TPSA) is 79.0 Å². The third-order valence-corrected chi connectivity index (χ3v) is 7.15. The van der Waals surface area contributed by atoms with E-state index in [1.54, 1.807) is 37.3 Å². The van der Waals surface area contributed by atoms with Gasteiger partial charge in [-0.05, 0) is 31.5 Å². The summed E-state index contributed by atoms with van der Waals surface area (Å²) in [4.78, 5) is 14.3. The predicted molar refractivity (Wildman–Crippen MR) is 112 cm³/mol. The Balaban J connectivity index is 1.58. The van der Waals surface area contributed by atoms with Crippen molar-refractivity contribution in [3.63, 3.8) is 0 Å². The highest BCUT2D eigenvalue weighted by molar-refractivity contribution is 7.89. The molecule has 1 heterocycles. The maximum absolute atomic E-state index is 13.0. The fourth-order valence-corrected chi connectivity index (χ4v) is 5.13. The van der Waals surface area contributed by atoms with Crippen LogP contribution in [0.3, 0.4) is 0 Å². The molecule has 1 aliphatic rings. The number of nitrogens with one attached hydrogen (secondary N) is 1. The van der Waals surface area contributed by atoms with Crippen LogP contribution in [0.1, 0.15) is 16.7 Å². The number of nitrogens with zero attached hydrogens (tertiary/aromatic N) is 2. The summed E-state index contributed by atoms with van der Waals surface area (Å²) in [5.41, 5.74) is 2.09. The molecule has 0 radical (unpaired) electrons. The fraction of sp³-hybridized carbons (Fsp3) is 0.381. The number of alkyl halides is 2. The first kappa shape index (κ1) is 23.0. The Hall–Kier alpha value is -2.72. The van der Waals surface area contributed by atoms with Crippen LogP contribution in [-0.2, 0) is 16.6 Å². The lowest BCUT2D eigenvalue weighted by Gasteiger charge is -2.34. The Morgan fingerprint density at radius 2 is 1.77 bits per heavy atom. The largest absolute Gasteiger partial charge is 0.434 e. The maximum atomic E-state index is 13.0. The number of ether oxygens (including phenoxy) is 1. The van der Waals surface area contributed by atoms with Gasteiger partial charge in [-0.2, -0.15) is 13.1 Å². The first-order chi connectivity index (χ1) is 14.7. The lowest BCUT2D eigenvalue weighted by molar-refractivity contribution is -0.0504. The SMILES string of the molecule is Cc1ccc(S(=O)(=O)N2CCN(C(=O)NCc3ccccc3OC(F)F)CC2)c(C)c1. The molecule has 2 amide bonds. The molecule has 0 spiro atoms. The van der Waals surface area contributed by atoms with E-state index in [0.29, 0.717) is 11.1 Å². The number of benzene rings is 2. The van der Waals surface area contributed by atoms with Crippen LogP contribution >= 0.6 is 0 Å². The van der Waals surface area contributed by atoms with E-state index in [1.807, 2.05) is 13.0 Å². The smallest absolute Gasteiger partial charge is 0.387 e. The van der Waals surface area contributed by atoms with E-state index in [1.165, 1.54) is 15.3 Å². The molecular weight excluding hydrogens is 428 g/mol. The van der Waals surface area contributed by atoms with E-state index in [0.717, 1.165) is 5.56 Å². The first-order valence-corrected chi connectivity index (χ1v) is 11.3. The van der Waals surface area contributed by atoms with Gasteiger partial charge in [0.05, 0.1) is 4.90 Å². The zero-order valence-electron chi connectivity index (χ0n) is 17.3. The second-order valence-electron chi connectivity index (χ2n) is 7.31. The van der Waals surface area contributed by atoms with Crippen LogP contribution in [0.15, 0.2) is 47.4 Å². The van der Waals surface area contributed by atoms with Crippen molar-refractivity contribution in [3.05, 3.63) is 59.2 Å². The van der Waals surface area contributed by atoms with Gasteiger partial charge < -0.3 is 15.0 Å². The molecule has 7 nitrogen and oxygen atoms in total. The van der Waals surface area contributed by atoms with Gasteiger partial charge in [0.1, 0.15) is 5.75 Å². The molecule has 1 fully saturated rings. The zero-order valence-corrected chi connectivity index (χ0v) is 18.2. The highest BCUT2D eigenvalue weighted by Crippen LogP contribution is 2.23. The van der Waals surface area contributed by atoms with E-state index in [4.69, 9.17) is 0 Å². The summed E-state index contributed by atoms with van der Waals surface area (Å²) >= 11 is 0. The van der Waals surface area contributed by atoms with E-state index >= 15 is 0 Å². The molecule has 1 aliphatic heterocycles. The summed E-state index contributed by atoms with van der Waals surface area (Å²) in [6, 6.07) is 11.0. The van der Waals surface area contributed by atoms with E-state index in [-0.39, 0.29) is 43.4 Å². The molecule has 10 heteroatoms. The second kappa shape index (κ2) is 9.61. The number of hydrogen-bond acceptors (Lipinski definition) is 4. The standard InChI is InChI=1S/C21H25F2N3O4S/c1-15-7-8-19(16(2)13-15)31(28,29)26-11-9-25(10-12-26)21(27)24-14-17-5-3-4-6-18(17)30-20(22)23/h3-8,13,20H,9-12,14H2,1-2H3,(H,24,27). The number of carbonyl (C=O) groups is 1. The molecule has 2 aromatic carbocycles. The molecule has 0 bridgehead atoms. The van der Waals surface area contributed by atoms with Crippen molar-refractivity contribution in [1.82, 2.24) is 14.5 Å². The number of carbonyl (C=O) groups excluding carboxylic acids is 1. The first-order valence-electron chi connectivity index (χ1n) is 9.81. The number of halogens is 2. The van der Waals surface area contributed by atoms with Gasteiger partial charge in [-0.1, -0.05) is 35.9 Å². The quantitative estimate of drug-likeness (QED) is 0.729. The van der Waals surface area contributed by atoms with E-state index in [9.17, 15) is 22.0 Å². The average molecular weight is 454 g/mol. The molecule has 2 aromatic rings. The van der Waals surface area contributed by atoms with Crippen LogP contribution in [-0.4, -0.2) is 56.4 Å². The van der Waals surface area contributed by atoms with Crippen molar-refractivity contribution in [1.29, 1.82) is 0 Å².